The zero-order chi connectivity index (χ0) is 16.1. The van der Waals surface area contributed by atoms with Crippen LogP contribution >= 0.6 is 0 Å². The maximum atomic E-state index is 12.6. The van der Waals surface area contributed by atoms with Gasteiger partial charge in [-0.1, -0.05) is 0 Å². The summed E-state index contributed by atoms with van der Waals surface area (Å²) in [7, 11) is 0. The third-order valence-corrected chi connectivity index (χ3v) is 2.86. The van der Waals surface area contributed by atoms with Crippen LogP contribution in [-0.4, -0.2) is 21.6 Å². The Morgan fingerprint density at radius 3 is 2.55 bits per heavy atom. The van der Waals surface area contributed by atoms with Crippen LogP contribution in [0.5, 0.6) is 11.5 Å². The Bertz CT molecular complexity index is 629. The first-order chi connectivity index (χ1) is 10.5. The van der Waals surface area contributed by atoms with Gasteiger partial charge in [-0.05, 0) is 31.2 Å². The third-order valence-electron chi connectivity index (χ3n) is 2.86. The molecule has 0 aliphatic heterocycles. The number of nitrogens with two attached hydrogens (primary N) is 1. The van der Waals surface area contributed by atoms with E-state index in [1.807, 2.05) is 0 Å². The molecule has 1 aromatic heterocycles. The first kappa shape index (κ1) is 15.7. The van der Waals surface area contributed by atoms with E-state index in [-0.39, 0.29) is 12.4 Å². The highest BCUT2D eigenvalue weighted by molar-refractivity contribution is 5.78. The van der Waals surface area contributed by atoms with Crippen molar-refractivity contribution in [3.05, 3.63) is 42.5 Å². The zero-order valence-corrected chi connectivity index (χ0v) is 11.8. The molecule has 1 atom stereocenters. The SMILES string of the molecule is CC(Oc1ccc(OCc2nccn2C(F)F)cc1)C(N)=O. The van der Waals surface area contributed by atoms with Crippen LogP contribution < -0.4 is 15.2 Å². The van der Waals surface area contributed by atoms with Gasteiger partial charge in [0.1, 0.15) is 18.1 Å². The van der Waals surface area contributed by atoms with Gasteiger partial charge < -0.3 is 15.2 Å². The van der Waals surface area contributed by atoms with E-state index in [1.54, 1.807) is 24.3 Å². The number of rotatable bonds is 7. The highest BCUT2D eigenvalue weighted by Gasteiger charge is 2.12. The number of primary amides is 1. The average molecular weight is 311 g/mol. The Hall–Kier alpha value is -2.64. The fraction of sp³-hybridized carbons (Fsp3) is 0.286. The van der Waals surface area contributed by atoms with E-state index < -0.39 is 18.6 Å². The number of ether oxygens (including phenoxy) is 2. The molecule has 8 heteroatoms. The van der Waals surface area contributed by atoms with Crippen molar-refractivity contribution in [1.82, 2.24) is 9.55 Å². The molecule has 0 saturated heterocycles. The van der Waals surface area contributed by atoms with E-state index in [4.69, 9.17) is 15.2 Å². The van der Waals surface area contributed by atoms with E-state index >= 15 is 0 Å². The summed E-state index contributed by atoms with van der Waals surface area (Å²) >= 11 is 0. The van der Waals surface area contributed by atoms with Crippen LogP contribution in [0.2, 0.25) is 0 Å². The molecule has 0 fully saturated rings. The van der Waals surface area contributed by atoms with Crippen molar-refractivity contribution in [2.75, 3.05) is 0 Å². The second-order valence-electron chi connectivity index (χ2n) is 4.45. The molecular formula is C14H15F2N3O3. The number of nitrogens with zero attached hydrogens (tertiary/aromatic N) is 2. The van der Waals surface area contributed by atoms with Gasteiger partial charge in [-0.2, -0.15) is 8.78 Å². The summed E-state index contributed by atoms with van der Waals surface area (Å²) < 4.78 is 36.7. The minimum atomic E-state index is -2.66. The number of halogens is 2. The van der Waals surface area contributed by atoms with E-state index in [0.717, 1.165) is 4.57 Å². The molecule has 1 heterocycles. The molecule has 118 valence electrons. The molecule has 0 saturated carbocycles. The Labute approximate surface area is 125 Å². The van der Waals surface area contributed by atoms with Crippen LogP contribution in [0.15, 0.2) is 36.7 Å². The molecule has 22 heavy (non-hydrogen) atoms. The van der Waals surface area contributed by atoms with Crippen molar-refractivity contribution in [1.29, 1.82) is 0 Å². The molecule has 2 N–H and O–H groups in total. The van der Waals surface area contributed by atoms with Crippen LogP contribution in [0.3, 0.4) is 0 Å². The monoisotopic (exact) mass is 311 g/mol. The summed E-state index contributed by atoms with van der Waals surface area (Å²) in [5, 5.41) is 0. The molecule has 6 nitrogen and oxygen atoms in total. The molecule has 0 spiro atoms. The number of alkyl halides is 2. The minimum Gasteiger partial charge on any atom is -0.486 e. The lowest BCUT2D eigenvalue weighted by molar-refractivity contribution is -0.123. The van der Waals surface area contributed by atoms with Gasteiger partial charge in [0.15, 0.2) is 11.9 Å². The fourth-order valence-electron chi connectivity index (χ4n) is 1.66. The molecule has 0 bridgehead atoms. The van der Waals surface area contributed by atoms with Gasteiger partial charge >= 0.3 is 6.55 Å². The fourth-order valence-corrected chi connectivity index (χ4v) is 1.66. The Morgan fingerprint density at radius 2 is 1.95 bits per heavy atom. The average Bonchev–Trinajstić information content (AvgIpc) is 2.95. The maximum Gasteiger partial charge on any atom is 0.320 e. The van der Waals surface area contributed by atoms with Crippen molar-refractivity contribution in [3.8, 4) is 11.5 Å². The predicted octanol–water partition coefficient (Wildman–Crippen LogP) is 2.11. The minimum absolute atomic E-state index is 0.0881. The molecule has 0 aliphatic rings. The molecule has 1 unspecified atom stereocenters. The van der Waals surface area contributed by atoms with Gasteiger partial charge in [-0.25, -0.2) is 4.98 Å². The summed E-state index contributed by atoms with van der Waals surface area (Å²) in [6.45, 7) is -1.21. The summed E-state index contributed by atoms with van der Waals surface area (Å²) in [6, 6.07) is 6.38. The highest BCUT2D eigenvalue weighted by atomic mass is 19.3. The van der Waals surface area contributed by atoms with Gasteiger partial charge in [0.2, 0.25) is 0 Å². The third kappa shape index (κ3) is 3.94. The quantitative estimate of drug-likeness (QED) is 0.849. The van der Waals surface area contributed by atoms with Crippen molar-refractivity contribution < 1.29 is 23.0 Å². The second kappa shape index (κ2) is 6.88. The lowest BCUT2D eigenvalue weighted by Gasteiger charge is -2.12. The van der Waals surface area contributed by atoms with Gasteiger partial charge in [0, 0.05) is 12.4 Å². The number of hydrogen-bond acceptors (Lipinski definition) is 4. The Morgan fingerprint density at radius 1 is 1.32 bits per heavy atom. The van der Waals surface area contributed by atoms with Gasteiger partial charge in [-0.15, -0.1) is 0 Å². The Balaban J connectivity index is 1.94. The lowest BCUT2D eigenvalue weighted by Crippen LogP contribution is -2.30. The molecular weight excluding hydrogens is 296 g/mol. The number of benzene rings is 1. The summed E-state index contributed by atoms with van der Waals surface area (Å²) in [4.78, 5) is 14.7. The number of amides is 1. The molecule has 1 amide bonds. The molecule has 1 aromatic carbocycles. The first-order valence-electron chi connectivity index (χ1n) is 6.46. The summed E-state index contributed by atoms with van der Waals surface area (Å²) in [5.74, 6) is 0.465. The molecule has 0 radical (unpaired) electrons. The van der Waals surface area contributed by atoms with E-state index in [1.165, 1.54) is 19.3 Å². The number of imidazole rings is 1. The van der Waals surface area contributed by atoms with E-state index in [9.17, 15) is 13.6 Å². The van der Waals surface area contributed by atoms with Gasteiger partial charge in [-0.3, -0.25) is 9.36 Å². The van der Waals surface area contributed by atoms with Crippen molar-refractivity contribution in [3.63, 3.8) is 0 Å². The topological polar surface area (TPSA) is 79.4 Å². The van der Waals surface area contributed by atoms with Crippen molar-refractivity contribution in [2.45, 2.75) is 26.2 Å². The van der Waals surface area contributed by atoms with E-state index in [0.29, 0.717) is 11.5 Å². The van der Waals surface area contributed by atoms with Gasteiger partial charge in [0.25, 0.3) is 5.91 Å². The maximum absolute atomic E-state index is 12.6. The van der Waals surface area contributed by atoms with Gasteiger partial charge in [0.05, 0.1) is 0 Å². The Kier molecular flexibility index (Phi) is 4.92. The van der Waals surface area contributed by atoms with Crippen molar-refractivity contribution >= 4 is 5.91 Å². The molecule has 2 aromatic rings. The number of carbonyl (C=O) groups excluding carboxylic acids is 1. The standard InChI is InChI=1S/C14H15F2N3O3/c1-9(13(17)20)22-11-4-2-10(3-5-11)21-8-12-18-6-7-19(12)14(15)16/h2-7,9,14H,8H2,1H3,(H2,17,20). The second-order valence-corrected chi connectivity index (χ2v) is 4.45. The van der Waals surface area contributed by atoms with Crippen LogP contribution in [0.25, 0.3) is 0 Å². The number of carbonyl (C=O) groups is 1. The molecule has 0 aliphatic carbocycles. The first-order valence-corrected chi connectivity index (χ1v) is 6.46. The summed E-state index contributed by atoms with van der Waals surface area (Å²) in [6.07, 6.45) is 1.73. The van der Waals surface area contributed by atoms with Crippen LogP contribution in [-0.2, 0) is 11.4 Å². The van der Waals surface area contributed by atoms with Crippen LogP contribution in [0, 0.1) is 0 Å². The zero-order valence-electron chi connectivity index (χ0n) is 11.8. The van der Waals surface area contributed by atoms with E-state index in [2.05, 4.69) is 4.98 Å². The van der Waals surface area contributed by atoms with Crippen LogP contribution in [0.1, 0.15) is 19.3 Å². The smallest absolute Gasteiger partial charge is 0.320 e. The predicted molar refractivity (Wildman–Crippen MR) is 73.5 cm³/mol. The largest absolute Gasteiger partial charge is 0.486 e. The number of aromatic nitrogens is 2. The number of hydrogen-bond donors (Lipinski definition) is 1. The lowest BCUT2D eigenvalue weighted by atomic mass is 10.3. The normalized spacial score (nSPS) is 12.2. The highest BCUT2D eigenvalue weighted by Crippen LogP contribution is 2.20. The van der Waals surface area contributed by atoms with Crippen molar-refractivity contribution in [2.24, 2.45) is 5.73 Å². The van der Waals surface area contributed by atoms with Crippen LogP contribution in [0.4, 0.5) is 8.78 Å². The molecule has 2 rings (SSSR count). The summed E-state index contributed by atoms with van der Waals surface area (Å²) in [5.41, 5.74) is 5.10.